The number of Topliss-reactive ketones (excluding diaryl/α,β-unsaturated/α-hetero) is 1. The summed E-state index contributed by atoms with van der Waals surface area (Å²) in [5, 5.41) is 1.32. The minimum Gasteiger partial charge on any atom is -0.350 e. The molecule has 1 fully saturated rings. The van der Waals surface area contributed by atoms with Crippen LogP contribution < -0.4 is 0 Å². The van der Waals surface area contributed by atoms with Crippen molar-refractivity contribution < 1.29 is 4.79 Å². The highest BCUT2D eigenvalue weighted by Crippen LogP contribution is 2.29. The van der Waals surface area contributed by atoms with E-state index in [1.807, 2.05) is 0 Å². The maximum atomic E-state index is 12.0. The third kappa shape index (κ3) is 2.20. The molecule has 1 heterocycles. The maximum Gasteiger partial charge on any atom is 0.136 e. The van der Waals surface area contributed by atoms with Gasteiger partial charge in [-0.3, -0.25) is 4.79 Å². The molecule has 100 valence electrons. The Morgan fingerprint density at radius 2 is 2.16 bits per heavy atom. The molecule has 0 radical (unpaired) electrons. The van der Waals surface area contributed by atoms with Crippen molar-refractivity contribution in [2.24, 2.45) is 13.0 Å². The summed E-state index contributed by atoms with van der Waals surface area (Å²) in [7, 11) is 2.10. The van der Waals surface area contributed by atoms with Crippen LogP contribution in [0.2, 0.25) is 0 Å². The highest BCUT2D eigenvalue weighted by atomic mass is 16.1. The SMILES string of the molecule is Cc1cccc2c(CC3CCCCC3=O)cn(C)c12. The number of ketones is 1. The highest BCUT2D eigenvalue weighted by molar-refractivity contribution is 5.88. The number of aromatic nitrogens is 1. The van der Waals surface area contributed by atoms with Crippen molar-refractivity contribution in [2.75, 3.05) is 0 Å². The Morgan fingerprint density at radius 3 is 2.95 bits per heavy atom. The number of hydrogen-bond donors (Lipinski definition) is 0. The molecule has 0 amide bonds. The molecule has 0 saturated heterocycles. The lowest BCUT2D eigenvalue weighted by molar-refractivity contribution is -0.124. The van der Waals surface area contributed by atoms with Crippen LogP contribution in [0.25, 0.3) is 10.9 Å². The van der Waals surface area contributed by atoms with Gasteiger partial charge in [-0.15, -0.1) is 0 Å². The standard InChI is InChI=1S/C17H21NO/c1-12-6-5-8-15-14(11-18(2)17(12)15)10-13-7-3-4-9-16(13)19/h5-6,8,11,13H,3-4,7,9-10H2,1-2H3. The molecule has 2 aromatic rings. The zero-order valence-corrected chi connectivity index (χ0v) is 11.8. The number of para-hydroxylation sites is 1. The second-order valence-corrected chi connectivity index (χ2v) is 5.85. The van der Waals surface area contributed by atoms with Gasteiger partial charge in [0.15, 0.2) is 0 Å². The van der Waals surface area contributed by atoms with Crippen LogP contribution >= 0.6 is 0 Å². The molecule has 19 heavy (non-hydrogen) atoms. The molecule has 2 nitrogen and oxygen atoms in total. The molecule has 1 atom stereocenters. The number of carbonyl (C=O) groups excluding carboxylic acids is 1. The van der Waals surface area contributed by atoms with Gasteiger partial charge in [-0.2, -0.15) is 0 Å². The summed E-state index contributed by atoms with van der Waals surface area (Å²) < 4.78 is 2.20. The molecule has 1 unspecified atom stereocenters. The van der Waals surface area contributed by atoms with E-state index in [2.05, 4.69) is 42.9 Å². The Morgan fingerprint density at radius 1 is 1.32 bits per heavy atom. The number of benzene rings is 1. The predicted molar refractivity (Wildman–Crippen MR) is 78.3 cm³/mol. The van der Waals surface area contributed by atoms with Crippen molar-refractivity contribution in [2.45, 2.75) is 39.0 Å². The molecule has 1 saturated carbocycles. The zero-order chi connectivity index (χ0) is 13.4. The fourth-order valence-electron chi connectivity index (χ4n) is 3.45. The number of carbonyl (C=O) groups is 1. The maximum absolute atomic E-state index is 12.0. The molecule has 2 heteroatoms. The van der Waals surface area contributed by atoms with Crippen LogP contribution in [0.5, 0.6) is 0 Å². The number of fused-ring (bicyclic) bond motifs is 1. The molecule has 0 N–H and O–H groups in total. The van der Waals surface area contributed by atoms with Gasteiger partial charge in [0.1, 0.15) is 5.78 Å². The molecule has 0 aliphatic heterocycles. The van der Waals surface area contributed by atoms with E-state index in [1.165, 1.54) is 28.5 Å². The van der Waals surface area contributed by atoms with Gasteiger partial charge >= 0.3 is 0 Å². The Hall–Kier alpha value is -1.57. The monoisotopic (exact) mass is 255 g/mol. The third-order valence-electron chi connectivity index (χ3n) is 4.43. The molecular weight excluding hydrogens is 234 g/mol. The molecule has 0 bridgehead atoms. The first-order valence-electron chi connectivity index (χ1n) is 7.23. The molecule has 0 spiro atoms. The third-order valence-corrected chi connectivity index (χ3v) is 4.43. The van der Waals surface area contributed by atoms with Crippen molar-refractivity contribution >= 4 is 16.7 Å². The van der Waals surface area contributed by atoms with Crippen LogP contribution in [0.4, 0.5) is 0 Å². The zero-order valence-electron chi connectivity index (χ0n) is 11.8. The Labute approximate surface area is 114 Å². The molecule has 3 rings (SSSR count). The fourth-order valence-corrected chi connectivity index (χ4v) is 3.45. The van der Waals surface area contributed by atoms with E-state index < -0.39 is 0 Å². The molecule has 1 aliphatic carbocycles. The second-order valence-electron chi connectivity index (χ2n) is 5.85. The van der Waals surface area contributed by atoms with E-state index in [1.54, 1.807) is 0 Å². The summed E-state index contributed by atoms with van der Waals surface area (Å²) in [6.45, 7) is 2.15. The lowest BCUT2D eigenvalue weighted by Crippen LogP contribution is -2.20. The van der Waals surface area contributed by atoms with Crippen molar-refractivity contribution in [1.82, 2.24) is 4.57 Å². The van der Waals surface area contributed by atoms with Gasteiger partial charge in [-0.1, -0.05) is 24.6 Å². The minimum absolute atomic E-state index is 0.250. The van der Waals surface area contributed by atoms with Crippen LogP contribution in [-0.4, -0.2) is 10.4 Å². The van der Waals surface area contributed by atoms with Crippen LogP contribution in [0, 0.1) is 12.8 Å². The number of hydrogen-bond acceptors (Lipinski definition) is 1. The number of rotatable bonds is 2. The van der Waals surface area contributed by atoms with Crippen molar-refractivity contribution in [3.63, 3.8) is 0 Å². The Bertz CT molecular complexity index is 623. The largest absolute Gasteiger partial charge is 0.350 e. The predicted octanol–water partition coefficient (Wildman–Crippen LogP) is 3.79. The first-order valence-corrected chi connectivity index (χ1v) is 7.23. The first kappa shape index (κ1) is 12.5. The summed E-state index contributed by atoms with van der Waals surface area (Å²) in [5.41, 5.74) is 3.95. The van der Waals surface area contributed by atoms with E-state index >= 15 is 0 Å². The lowest BCUT2D eigenvalue weighted by Gasteiger charge is -2.19. The van der Waals surface area contributed by atoms with E-state index in [-0.39, 0.29) is 5.92 Å². The second kappa shape index (κ2) is 4.84. The number of aryl methyl sites for hydroxylation is 2. The fraction of sp³-hybridized carbons (Fsp3) is 0.471. The van der Waals surface area contributed by atoms with Gasteiger partial charge in [-0.25, -0.2) is 0 Å². The van der Waals surface area contributed by atoms with E-state index in [4.69, 9.17) is 0 Å². The molecule has 1 aromatic carbocycles. The van der Waals surface area contributed by atoms with E-state index in [0.29, 0.717) is 5.78 Å². The summed E-state index contributed by atoms with van der Waals surface area (Å²) in [5.74, 6) is 0.718. The Kier molecular flexibility index (Phi) is 3.17. The van der Waals surface area contributed by atoms with Crippen LogP contribution in [0.15, 0.2) is 24.4 Å². The van der Waals surface area contributed by atoms with Crippen molar-refractivity contribution in [3.05, 3.63) is 35.5 Å². The lowest BCUT2D eigenvalue weighted by atomic mass is 9.83. The van der Waals surface area contributed by atoms with Crippen LogP contribution in [0.3, 0.4) is 0 Å². The average Bonchev–Trinajstić information content (AvgIpc) is 2.71. The number of nitrogens with zero attached hydrogens (tertiary/aromatic N) is 1. The van der Waals surface area contributed by atoms with Crippen molar-refractivity contribution in [3.8, 4) is 0 Å². The van der Waals surface area contributed by atoms with Crippen LogP contribution in [0.1, 0.15) is 36.8 Å². The van der Waals surface area contributed by atoms with Crippen LogP contribution in [-0.2, 0) is 18.3 Å². The average molecular weight is 255 g/mol. The summed E-state index contributed by atoms with van der Waals surface area (Å²) in [6.07, 6.45) is 7.28. The molecular formula is C17H21NO. The van der Waals surface area contributed by atoms with Gasteiger partial charge in [0.25, 0.3) is 0 Å². The van der Waals surface area contributed by atoms with Crippen molar-refractivity contribution in [1.29, 1.82) is 0 Å². The smallest absolute Gasteiger partial charge is 0.136 e. The topological polar surface area (TPSA) is 22.0 Å². The van der Waals surface area contributed by atoms with E-state index in [9.17, 15) is 4.79 Å². The van der Waals surface area contributed by atoms with Gasteiger partial charge < -0.3 is 4.57 Å². The molecule has 1 aromatic heterocycles. The van der Waals surface area contributed by atoms with Gasteiger partial charge in [0.2, 0.25) is 0 Å². The summed E-state index contributed by atoms with van der Waals surface area (Å²) in [6, 6.07) is 6.45. The quantitative estimate of drug-likeness (QED) is 0.800. The Balaban J connectivity index is 1.97. The molecule has 1 aliphatic rings. The highest BCUT2D eigenvalue weighted by Gasteiger charge is 2.23. The summed E-state index contributed by atoms with van der Waals surface area (Å²) in [4.78, 5) is 12.0. The van der Waals surface area contributed by atoms with Gasteiger partial charge in [0.05, 0.1) is 5.52 Å². The normalized spacial score (nSPS) is 20.1. The van der Waals surface area contributed by atoms with E-state index in [0.717, 1.165) is 25.7 Å². The van der Waals surface area contributed by atoms with Gasteiger partial charge in [0, 0.05) is 31.0 Å². The van der Waals surface area contributed by atoms with Gasteiger partial charge in [-0.05, 0) is 37.3 Å². The summed E-state index contributed by atoms with van der Waals surface area (Å²) >= 11 is 0. The first-order chi connectivity index (χ1) is 9.16. The minimum atomic E-state index is 0.250.